The van der Waals surface area contributed by atoms with Crippen molar-refractivity contribution in [3.05, 3.63) is 53.4 Å². The van der Waals surface area contributed by atoms with Gasteiger partial charge in [-0.15, -0.1) is 11.8 Å². The van der Waals surface area contributed by atoms with E-state index in [1.807, 2.05) is 19.9 Å². The highest BCUT2D eigenvalue weighted by Gasteiger charge is 2.31. The molecule has 0 saturated heterocycles. The van der Waals surface area contributed by atoms with Crippen LogP contribution in [0.4, 0.5) is 13.2 Å². The van der Waals surface area contributed by atoms with Gasteiger partial charge in [-0.05, 0) is 24.8 Å². The first-order chi connectivity index (χ1) is 10.9. The van der Waals surface area contributed by atoms with Crippen molar-refractivity contribution in [2.75, 3.05) is 5.75 Å². The smallest absolute Gasteiger partial charge is 0.417 e. The largest absolute Gasteiger partial charge is 0.418 e. The second-order valence-corrected chi connectivity index (χ2v) is 5.77. The lowest BCUT2D eigenvalue weighted by molar-refractivity contribution is -0.137. The molecule has 2 rings (SSSR count). The van der Waals surface area contributed by atoms with Gasteiger partial charge in [-0.1, -0.05) is 25.7 Å². The molecule has 0 aliphatic rings. The molecule has 0 amide bonds. The van der Waals surface area contributed by atoms with Crippen LogP contribution in [0, 0.1) is 0 Å². The van der Waals surface area contributed by atoms with Crippen LogP contribution in [0.5, 0.6) is 0 Å². The summed E-state index contributed by atoms with van der Waals surface area (Å²) in [6, 6.07) is 0.934. The van der Waals surface area contributed by atoms with E-state index in [0.717, 1.165) is 22.9 Å². The highest BCUT2D eigenvalue weighted by molar-refractivity contribution is 8.03. The first-order valence-corrected chi connectivity index (χ1v) is 7.85. The van der Waals surface area contributed by atoms with E-state index in [2.05, 4.69) is 16.5 Å². The Morgan fingerprint density at radius 1 is 1.43 bits per heavy atom. The maximum Gasteiger partial charge on any atom is 0.417 e. The van der Waals surface area contributed by atoms with E-state index >= 15 is 0 Å². The van der Waals surface area contributed by atoms with Crippen LogP contribution in [0.3, 0.4) is 0 Å². The summed E-state index contributed by atoms with van der Waals surface area (Å²) in [5.74, 6) is 1.06. The molecule has 0 atom stereocenters. The molecule has 3 nitrogen and oxygen atoms in total. The van der Waals surface area contributed by atoms with Gasteiger partial charge in [0.15, 0.2) is 0 Å². The number of hydrogen-bond donors (Lipinski definition) is 0. The minimum atomic E-state index is -4.47. The quantitative estimate of drug-likeness (QED) is 0.677. The Morgan fingerprint density at radius 2 is 2.17 bits per heavy atom. The number of alkyl halides is 3. The van der Waals surface area contributed by atoms with Crippen LogP contribution in [-0.2, 0) is 6.18 Å². The molecular weight excluding hydrogens is 325 g/mol. The first-order valence-electron chi connectivity index (χ1n) is 6.87. The molecule has 2 heterocycles. The fourth-order valence-electron chi connectivity index (χ4n) is 1.94. The second kappa shape index (κ2) is 7.04. The normalized spacial score (nSPS) is 13.6. The third-order valence-electron chi connectivity index (χ3n) is 2.92. The molecule has 0 fully saturated rings. The van der Waals surface area contributed by atoms with Crippen molar-refractivity contribution in [2.45, 2.75) is 20.0 Å². The van der Waals surface area contributed by atoms with E-state index in [0.29, 0.717) is 5.57 Å². The van der Waals surface area contributed by atoms with Crippen LogP contribution in [-0.4, -0.2) is 15.7 Å². The third-order valence-corrected chi connectivity index (χ3v) is 3.97. The lowest BCUT2D eigenvalue weighted by atomic mass is 10.2. The minimum Gasteiger partial charge on any atom is -0.418 e. The highest BCUT2D eigenvalue weighted by atomic mass is 32.2. The summed E-state index contributed by atoms with van der Waals surface area (Å²) in [5, 5.41) is 0. The number of thioether (sulfide) groups is 1. The van der Waals surface area contributed by atoms with Crippen LogP contribution in [0.2, 0.25) is 0 Å². The molecule has 2 aromatic heterocycles. The van der Waals surface area contributed by atoms with Gasteiger partial charge in [0.2, 0.25) is 11.6 Å². The van der Waals surface area contributed by atoms with Crippen molar-refractivity contribution in [3.63, 3.8) is 0 Å². The van der Waals surface area contributed by atoms with Gasteiger partial charge in [0.1, 0.15) is 5.52 Å². The molecule has 0 saturated carbocycles. The standard InChI is InChI=1S/C16H15F3N2OS/c1-4-7-11(13(5-2)23-6-3)14-21-12-8-10(16(17,18)19)9-20-15(12)22-14/h4-5,7-9H,1,6H2,2-3H3/b11-7+,13-5+. The topological polar surface area (TPSA) is 38.9 Å². The molecule has 0 radical (unpaired) electrons. The summed E-state index contributed by atoms with van der Waals surface area (Å²) in [4.78, 5) is 8.78. The van der Waals surface area contributed by atoms with Crippen LogP contribution < -0.4 is 0 Å². The summed E-state index contributed by atoms with van der Waals surface area (Å²) >= 11 is 1.58. The van der Waals surface area contributed by atoms with E-state index in [9.17, 15) is 13.2 Å². The number of allylic oxidation sites excluding steroid dienone is 4. The maximum atomic E-state index is 12.7. The van der Waals surface area contributed by atoms with Crippen molar-refractivity contribution in [1.82, 2.24) is 9.97 Å². The van der Waals surface area contributed by atoms with Gasteiger partial charge in [-0.3, -0.25) is 0 Å². The summed E-state index contributed by atoms with van der Waals surface area (Å²) in [6.45, 7) is 7.53. The molecule has 0 aliphatic carbocycles. The van der Waals surface area contributed by atoms with Crippen LogP contribution >= 0.6 is 11.8 Å². The van der Waals surface area contributed by atoms with Crippen LogP contribution in [0.15, 0.2) is 46.4 Å². The predicted octanol–water partition coefficient (Wildman–Crippen LogP) is 5.47. The molecule has 2 aromatic rings. The number of fused-ring (bicyclic) bond motifs is 1. The van der Waals surface area contributed by atoms with E-state index < -0.39 is 11.7 Å². The molecule has 0 spiro atoms. The van der Waals surface area contributed by atoms with E-state index in [1.165, 1.54) is 0 Å². The molecule has 0 N–H and O–H groups in total. The average Bonchev–Trinajstić information content (AvgIpc) is 2.92. The number of oxazole rings is 1. The van der Waals surface area contributed by atoms with Gasteiger partial charge < -0.3 is 4.42 Å². The van der Waals surface area contributed by atoms with Crippen molar-refractivity contribution in [2.24, 2.45) is 0 Å². The summed E-state index contributed by atoms with van der Waals surface area (Å²) in [6.07, 6.45) is 1.47. The zero-order valence-corrected chi connectivity index (χ0v) is 13.5. The fourth-order valence-corrected chi connectivity index (χ4v) is 2.73. The Kier molecular flexibility index (Phi) is 5.30. The summed E-state index contributed by atoms with van der Waals surface area (Å²) < 4.78 is 43.8. The maximum absolute atomic E-state index is 12.7. The van der Waals surface area contributed by atoms with Gasteiger partial charge in [0.25, 0.3) is 0 Å². The van der Waals surface area contributed by atoms with E-state index in [1.54, 1.807) is 23.9 Å². The Morgan fingerprint density at radius 3 is 2.74 bits per heavy atom. The van der Waals surface area contributed by atoms with Gasteiger partial charge in [0, 0.05) is 11.1 Å². The molecule has 122 valence electrons. The lowest BCUT2D eigenvalue weighted by Gasteiger charge is -2.06. The molecule has 7 heteroatoms. The Balaban J connectivity index is 2.53. The second-order valence-electron chi connectivity index (χ2n) is 4.47. The number of aromatic nitrogens is 2. The lowest BCUT2D eigenvalue weighted by Crippen LogP contribution is -2.04. The van der Waals surface area contributed by atoms with E-state index in [4.69, 9.17) is 4.42 Å². The Bertz CT molecular complexity index is 775. The Hall–Kier alpha value is -2.02. The zero-order chi connectivity index (χ0) is 17.0. The van der Waals surface area contributed by atoms with Crippen molar-refractivity contribution in [3.8, 4) is 0 Å². The zero-order valence-electron chi connectivity index (χ0n) is 12.6. The average molecular weight is 340 g/mol. The number of hydrogen-bond acceptors (Lipinski definition) is 4. The van der Waals surface area contributed by atoms with Crippen LogP contribution in [0.25, 0.3) is 16.8 Å². The van der Waals surface area contributed by atoms with Crippen LogP contribution in [0.1, 0.15) is 25.3 Å². The summed E-state index contributed by atoms with van der Waals surface area (Å²) in [5.41, 5.74) is -0.0455. The fraction of sp³-hybridized carbons (Fsp3) is 0.250. The number of nitrogens with zero attached hydrogens (tertiary/aromatic N) is 2. The van der Waals surface area contributed by atoms with Gasteiger partial charge in [-0.25, -0.2) is 9.97 Å². The SMILES string of the molecule is C=C/C=C(\C(=C/C)SCC)c1nc2cc(C(F)(F)F)cnc2o1. The Labute approximate surface area is 136 Å². The monoisotopic (exact) mass is 340 g/mol. The van der Waals surface area contributed by atoms with Gasteiger partial charge >= 0.3 is 6.18 Å². The van der Waals surface area contributed by atoms with Gasteiger partial charge in [-0.2, -0.15) is 13.2 Å². The molecular formula is C16H15F3N2OS. The molecule has 0 bridgehead atoms. The number of pyridine rings is 1. The third kappa shape index (κ3) is 3.85. The van der Waals surface area contributed by atoms with Crippen molar-refractivity contribution in [1.29, 1.82) is 0 Å². The van der Waals surface area contributed by atoms with Gasteiger partial charge in [0.05, 0.1) is 11.1 Å². The number of halogens is 3. The predicted molar refractivity (Wildman–Crippen MR) is 86.9 cm³/mol. The molecule has 0 unspecified atom stereocenters. The molecule has 0 aliphatic heterocycles. The molecule has 0 aromatic carbocycles. The highest BCUT2D eigenvalue weighted by Crippen LogP contribution is 2.34. The summed E-state index contributed by atoms with van der Waals surface area (Å²) in [7, 11) is 0. The van der Waals surface area contributed by atoms with Crippen molar-refractivity contribution < 1.29 is 17.6 Å². The molecule has 23 heavy (non-hydrogen) atoms. The van der Waals surface area contributed by atoms with Crippen molar-refractivity contribution >= 4 is 28.6 Å². The number of rotatable bonds is 5. The van der Waals surface area contributed by atoms with E-state index in [-0.39, 0.29) is 17.1 Å². The first kappa shape index (κ1) is 17.3. The minimum absolute atomic E-state index is 0.0694.